The number of rotatable bonds is 4. The maximum atomic E-state index is 10.5. The first-order valence-electron chi connectivity index (χ1n) is 3.90. The first-order chi connectivity index (χ1) is 5.61. The second-order valence-corrected chi connectivity index (χ2v) is 3.56. The van der Waals surface area contributed by atoms with Gasteiger partial charge in [0.2, 0.25) is 0 Å². The van der Waals surface area contributed by atoms with Crippen LogP contribution in [-0.2, 0) is 4.79 Å². The summed E-state index contributed by atoms with van der Waals surface area (Å²) >= 11 is 5.53. The summed E-state index contributed by atoms with van der Waals surface area (Å²) in [6, 6.07) is 0.0815. The molecule has 0 aliphatic heterocycles. The van der Waals surface area contributed by atoms with Crippen LogP contribution in [0.3, 0.4) is 0 Å². The predicted octanol–water partition coefficient (Wildman–Crippen LogP) is 1.19. The van der Waals surface area contributed by atoms with Crippen molar-refractivity contribution >= 4 is 17.6 Å². The van der Waals surface area contributed by atoms with E-state index in [0.717, 1.165) is 12.8 Å². The lowest BCUT2D eigenvalue weighted by Gasteiger charge is -2.33. The Morgan fingerprint density at radius 2 is 2.33 bits per heavy atom. The molecule has 1 fully saturated rings. The molecule has 1 aliphatic rings. The summed E-state index contributed by atoms with van der Waals surface area (Å²) < 4.78 is 0. The molecule has 0 aromatic heterocycles. The van der Waals surface area contributed by atoms with E-state index in [9.17, 15) is 4.79 Å². The Balaban J connectivity index is 2.25. The van der Waals surface area contributed by atoms with Crippen molar-refractivity contribution < 1.29 is 9.90 Å². The van der Waals surface area contributed by atoms with E-state index in [1.54, 1.807) is 0 Å². The second-order valence-electron chi connectivity index (χ2n) is 3.03. The SMILES string of the molecule is C=C(Cl)CNC1CCC1C(=O)O. The fourth-order valence-corrected chi connectivity index (χ4v) is 1.36. The molecule has 4 heteroatoms. The zero-order valence-corrected chi connectivity index (χ0v) is 7.47. The van der Waals surface area contributed by atoms with E-state index >= 15 is 0 Å². The van der Waals surface area contributed by atoms with Crippen LogP contribution in [0.5, 0.6) is 0 Å². The first kappa shape index (κ1) is 9.55. The Morgan fingerprint density at radius 3 is 2.67 bits per heavy atom. The number of carboxylic acid groups (broad SMARTS) is 1. The predicted molar refractivity (Wildman–Crippen MR) is 47.1 cm³/mol. The van der Waals surface area contributed by atoms with Gasteiger partial charge in [0.1, 0.15) is 0 Å². The average molecular weight is 190 g/mol. The minimum Gasteiger partial charge on any atom is -0.481 e. The van der Waals surface area contributed by atoms with E-state index in [2.05, 4.69) is 11.9 Å². The highest BCUT2D eigenvalue weighted by atomic mass is 35.5. The van der Waals surface area contributed by atoms with Crippen LogP contribution >= 0.6 is 11.6 Å². The van der Waals surface area contributed by atoms with Gasteiger partial charge in [0.15, 0.2) is 0 Å². The van der Waals surface area contributed by atoms with Gasteiger partial charge in [-0.2, -0.15) is 0 Å². The van der Waals surface area contributed by atoms with E-state index in [0.29, 0.717) is 11.6 Å². The number of carbonyl (C=O) groups is 1. The third-order valence-corrected chi connectivity index (χ3v) is 2.28. The monoisotopic (exact) mass is 189 g/mol. The maximum absolute atomic E-state index is 10.5. The molecule has 2 atom stereocenters. The zero-order chi connectivity index (χ0) is 9.14. The third-order valence-electron chi connectivity index (χ3n) is 2.15. The molecule has 1 rings (SSSR count). The average Bonchev–Trinajstić information content (AvgIpc) is 1.82. The van der Waals surface area contributed by atoms with Gasteiger partial charge in [-0.15, -0.1) is 0 Å². The van der Waals surface area contributed by atoms with Crippen LogP contribution in [0.4, 0.5) is 0 Å². The quantitative estimate of drug-likeness (QED) is 0.699. The smallest absolute Gasteiger partial charge is 0.308 e. The van der Waals surface area contributed by atoms with Crippen molar-refractivity contribution in [1.82, 2.24) is 5.32 Å². The number of hydrogen-bond donors (Lipinski definition) is 2. The zero-order valence-electron chi connectivity index (χ0n) is 6.72. The van der Waals surface area contributed by atoms with Gasteiger partial charge >= 0.3 is 5.97 Å². The number of aliphatic carboxylic acids is 1. The molecule has 12 heavy (non-hydrogen) atoms. The Bertz CT molecular complexity index is 205. The van der Waals surface area contributed by atoms with Crippen LogP contribution in [0.2, 0.25) is 0 Å². The highest BCUT2D eigenvalue weighted by Gasteiger charge is 2.35. The van der Waals surface area contributed by atoms with Crippen LogP contribution in [0.25, 0.3) is 0 Å². The summed E-state index contributed by atoms with van der Waals surface area (Å²) in [5, 5.41) is 12.2. The molecule has 0 amide bonds. The van der Waals surface area contributed by atoms with E-state index in [-0.39, 0.29) is 12.0 Å². The highest BCUT2D eigenvalue weighted by molar-refractivity contribution is 6.29. The van der Waals surface area contributed by atoms with Crippen LogP contribution in [0, 0.1) is 5.92 Å². The molecule has 2 N–H and O–H groups in total. The topological polar surface area (TPSA) is 49.3 Å². The van der Waals surface area contributed by atoms with Crippen molar-refractivity contribution in [2.24, 2.45) is 5.92 Å². The Labute approximate surface area is 76.4 Å². The maximum Gasteiger partial charge on any atom is 0.308 e. The third kappa shape index (κ3) is 2.22. The van der Waals surface area contributed by atoms with E-state index < -0.39 is 5.97 Å². The summed E-state index contributed by atoms with van der Waals surface area (Å²) in [6.45, 7) is 4.01. The van der Waals surface area contributed by atoms with Crippen molar-refractivity contribution in [2.75, 3.05) is 6.54 Å². The number of nitrogens with one attached hydrogen (secondary N) is 1. The lowest BCUT2D eigenvalue weighted by molar-refractivity contribution is -0.145. The largest absolute Gasteiger partial charge is 0.481 e. The minimum absolute atomic E-state index is 0.0815. The Morgan fingerprint density at radius 1 is 1.67 bits per heavy atom. The van der Waals surface area contributed by atoms with Gasteiger partial charge in [-0.3, -0.25) is 4.79 Å². The molecular weight excluding hydrogens is 178 g/mol. The van der Waals surface area contributed by atoms with Crippen LogP contribution < -0.4 is 5.32 Å². The first-order valence-corrected chi connectivity index (χ1v) is 4.28. The molecule has 0 heterocycles. The molecule has 0 aromatic rings. The van der Waals surface area contributed by atoms with Gasteiger partial charge in [-0.05, 0) is 12.8 Å². The minimum atomic E-state index is -0.723. The lowest BCUT2D eigenvalue weighted by atomic mass is 9.79. The summed E-state index contributed by atoms with van der Waals surface area (Å²) in [5.74, 6) is -0.958. The molecule has 0 bridgehead atoms. The van der Waals surface area contributed by atoms with Gasteiger partial charge in [0, 0.05) is 17.6 Å². The second kappa shape index (κ2) is 3.92. The molecule has 1 aliphatic carbocycles. The molecule has 0 radical (unpaired) electrons. The van der Waals surface area contributed by atoms with Gasteiger partial charge < -0.3 is 10.4 Å². The normalized spacial score (nSPS) is 27.8. The molecule has 68 valence electrons. The molecule has 0 aromatic carbocycles. The van der Waals surface area contributed by atoms with Gasteiger partial charge in [0.05, 0.1) is 5.92 Å². The molecule has 1 saturated carbocycles. The van der Waals surface area contributed by atoms with E-state index in [1.165, 1.54) is 0 Å². The number of halogens is 1. The standard InChI is InChI=1S/C8H12ClNO2/c1-5(9)4-10-7-3-2-6(7)8(11)12/h6-7,10H,1-4H2,(H,11,12). The highest BCUT2D eigenvalue weighted by Crippen LogP contribution is 2.27. The number of carboxylic acids is 1. The van der Waals surface area contributed by atoms with Crippen molar-refractivity contribution in [1.29, 1.82) is 0 Å². The molecule has 3 nitrogen and oxygen atoms in total. The fourth-order valence-electron chi connectivity index (χ4n) is 1.28. The van der Waals surface area contributed by atoms with Crippen LogP contribution in [0.15, 0.2) is 11.6 Å². The van der Waals surface area contributed by atoms with E-state index in [4.69, 9.17) is 16.7 Å². The summed E-state index contributed by atoms with van der Waals surface area (Å²) in [4.78, 5) is 10.5. The Kier molecular flexibility index (Phi) is 3.12. The van der Waals surface area contributed by atoms with Gasteiger partial charge in [-0.1, -0.05) is 18.2 Å². The van der Waals surface area contributed by atoms with Crippen molar-refractivity contribution in [3.8, 4) is 0 Å². The van der Waals surface area contributed by atoms with Crippen molar-refractivity contribution in [2.45, 2.75) is 18.9 Å². The summed E-state index contributed by atoms with van der Waals surface area (Å²) in [6.07, 6.45) is 1.68. The molecule has 2 unspecified atom stereocenters. The fraction of sp³-hybridized carbons (Fsp3) is 0.625. The summed E-state index contributed by atoms with van der Waals surface area (Å²) in [7, 11) is 0. The Hall–Kier alpha value is -0.540. The molecule has 0 saturated heterocycles. The lowest BCUT2D eigenvalue weighted by Crippen LogP contribution is -2.47. The van der Waals surface area contributed by atoms with Crippen molar-refractivity contribution in [3.63, 3.8) is 0 Å². The van der Waals surface area contributed by atoms with Crippen LogP contribution in [-0.4, -0.2) is 23.7 Å². The molecular formula is C8H12ClNO2. The van der Waals surface area contributed by atoms with Gasteiger partial charge in [-0.25, -0.2) is 0 Å². The summed E-state index contributed by atoms with van der Waals surface area (Å²) in [5.41, 5.74) is 0. The van der Waals surface area contributed by atoms with Crippen molar-refractivity contribution in [3.05, 3.63) is 11.6 Å². The van der Waals surface area contributed by atoms with Gasteiger partial charge in [0.25, 0.3) is 0 Å². The van der Waals surface area contributed by atoms with Crippen LogP contribution in [0.1, 0.15) is 12.8 Å². The van der Waals surface area contributed by atoms with E-state index in [1.807, 2.05) is 0 Å². The molecule has 0 spiro atoms. The number of hydrogen-bond acceptors (Lipinski definition) is 2.